The van der Waals surface area contributed by atoms with E-state index >= 15 is 0 Å². The molecule has 0 aromatic heterocycles. The lowest BCUT2D eigenvalue weighted by atomic mass is 10.1. The van der Waals surface area contributed by atoms with Gasteiger partial charge >= 0.3 is 0 Å². The van der Waals surface area contributed by atoms with Gasteiger partial charge in [0.15, 0.2) is 4.32 Å². The molecule has 0 radical (unpaired) electrons. The molecule has 1 fully saturated rings. The van der Waals surface area contributed by atoms with Gasteiger partial charge in [-0.3, -0.25) is 9.69 Å². The van der Waals surface area contributed by atoms with Gasteiger partial charge in [-0.1, -0.05) is 72.9 Å². The molecule has 1 amide bonds. The summed E-state index contributed by atoms with van der Waals surface area (Å²) >= 11 is 6.76. The number of amides is 1. The number of anilines is 1. The molecule has 1 heterocycles. The molecule has 1 saturated heterocycles. The van der Waals surface area contributed by atoms with E-state index in [0.717, 1.165) is 17.7 Å². The second-order valence-electron chi connectivity index (χ2n) is 5.45. The Labute approximate surface area is 146 Å². The first kappa shape index (κ1) is 16.0. The van der Waals surface area contributed by atoms with Crippen LogP contribution in [0.4, 0.5) is 5.69 Å². The van der Waals surface area contributed by atoms with E-state index in [-0.39, 0.29) is 5.91 Å². The maximum Gasteiger partial charge on any atom is 0.270 e. The monoisotopic (exact) mass is 339 g/mol. The SMILES string of the molecule is CCc1ccc(N2C(=O)/C(=C/c3ccc(C)cc3)SC2=S)cc1. The van der Waals surface area contributed by atoms with E-state index in [1.165, 1.54) is 22.9 Å². The van der Waals surface area contributed by atoms with E-state index < -0.39 is 0 Å². The molecule has 0 aliphatic carbocycles. The third-order valence-corrected chi connectivity index (χ3v) is 5.07. The van der Waals surface area contributed by atoms with Crippen LogP contribution in [-0.4, -0.2) is 10.2 Å². The van der Waals surface area contributed by atoms with Gasteiger partial charge in [-0.15, -0.1) is 0 Å². The van der Waals surface area contributed by atoms with E-state index in [4.69, 9.17) is 12.2 Å². The van der Waals surface area contributed by atoms with Crippen molar-refractivity contribution in [2.45, 2.75) is 20.3 Å². The number of nitrogens with zero attached hydrogens (tertiary/aromatic N) is 1. The van der Waals surface area contributed by atoms with Crippen molar-refractivity contribution in [3.63, 3.8) is 0 Å². The molecule has 2 nitrogen and oxygen atoms in total. The molecule has 3 rings (SSSR count). The minimum atomic E-state index is -0.0511. The van der Waals surface area contributed by atoms with Crippen LogP contribution in [0.3, 0.4) is 0 Å². The normalized spacial score (nSPS) is 16.4. The molecule has 1 aliphatic heterocycles. The van der Waals surface area contributed by atoms with Crippen molar-refractivity contribution >= 4 is 46.0 Å². The molecule has 0 atom stereocenters. The highest BCUT2D eigenvalue weighted by molar-refractivity contribution is 8.27. The number of thioether (sulfide) groups is 1. The van der Waals surface area contributed by atoms with E-state index in [9.17, 15) is 4.79 Å². The lowest BCUT2D eigenvalue weighted by Gasteiger charge is -2.14. The van der Waals surface area contributed by atoms with Crippen LogP contribution < -0.4 is 4.90 Å². The molecule has 116 valence electrons. The molecular weight excluding hydrogens is 322 g/mol. The summed E-state index contributed by atoms with van der Waals surface area (Å²) in [4.78, 5) is 15.0. The number of thiocarbonyl (C=S) groups is 1. The first-order valence-electron chi connectivity index (χ1n) is 7.52. The van der Waals surface area contributed by atoms with E-state index in [0.29, 0.717) is 9.23 Å². The van der Waals surface area contributed by atoms with Gasteiger partial charge in [-0.2, -0.15) is 0 Å². The van der Waals surface area contributed by atoms with E-state index in [1.54, 1.807) is 4.90 Å². The Bertz CT molecular complexity index is 776. The maximum atomic E-state index is 12.7. The summed E-state index contributed by atoms with van der Waals surface area (Å²) in [5, 5.41) is 0. The quantitative estimate of drug-likeness (QED) is 0.582. The lowest BCUT2D eigenvalue weighted by molar-refractivity contribution is -0.113. The summed E-state index contributed by atoms with van der Waals surface area (Å²) in [6, 6.07) is 16.1. The molecule has 23 heavy (non-hydrogen) atoms. The summed E-state index contributed by atoms with van der Waals surface area (Å²) < 4.78 is 0.581. The van der Waals surface area contributed by atoms with Crippen LogP contribution in [0.5, 0.6) is 0 Å². The zero-order valence-electron chi connectivity index (χ0n) is 13.1. The van der Waals surface area contributed by atoms with Crippen LogP contribution in [-0.2, 0) is 11.2 Å². The lowest BCUT2D eigenvalue weighted by Crippen LogP contribution is -2.27. The summed E-state index contributed by atoms with van der Waals surface area (Å²) in [7, 11) is 0. The van der Waals surface area contributed by atoms with Crippen LogP contribution in [0.1, 0.15) is 23.6 Å². The number of rotatable bonds is 3. The summed E-state index contributed by atoms with van der Waals surface area (Å²) in [6.07, 6.45) is 2.88. The zero-order chi connectivity index (χ0) is 16.4. The van der Waals surface area contributed by atoms with Crippen molar-refractivity contribution < 1.29 is 4.79 Å². The fraction of sp³-hybridized carbons (Fsp3) is 0.158. The number of hydrogen-bond acceptors (Lipinski definition) is 3. The van der Waals surface area contributed by atoms with Crippen LogP contribution in [0.25, 0.3) is 6.08 Å². The van der Waals surface area contributed by atoms with Crippen molar-refractivity contribution in [3.05, 3.63) is 70.1 Å². The Balaban J connectivity index is 1.88. The number of hydrogen-bond donors (Lipinski definition) is 0. The Morgan fingerprint density at radius 3 is 2.35 bits per heavy atom. The van der Waals surface area contributed by atoms with Crippen molar-refractivity contribution in [1.29, 1.82) is 0 Å². The molecule has 0 spiro atoms. The molecule has 2 aromatic rings. The second-order valence-corrected chi connectivity index (χ2v) is 7.12. The van der Waals surface area contributed by atoms with E-state index in [1.807, 2.05) is 61.5 Å². The van der Waals surface area contributed by atoms with Gasteiger partial charge in [0.1, 0.15) is 0 Å². The fourth-order valence-electron chi connectivity index (χ4n) is 2.39. The first-order chi connectivity index (χ1) is 11.1. The molecule has 1 aliphatic rings. The fourth-order valence-corrected chi connectivity index (χ4v) is 3.68. The van der Waals surface area contributed by atoms with E-state index in [2.05, 4.69) is 6.92 Å². The molecule has 4 heteroatoms. The Morgan fingerprint density at radius 1 is 1.09 bits per heavy atom. The summed E-state index contributed by atoms with van der Waals surface area (Å²) in [5.74, 6) is -0.0511. The first-order valence-corrected chi connectivity index (χ1v) is 8.74. The number of carbonyl (C=O) groups excluding carboxylic acids is 1. The van der Waals surface area contributed by atoms with Gasteiger partial charge < -0.3 is 0 Å². The maximum absolute atomic E-state index is 12.7. The molecule has 0 unspecified atom stereocenters. The van der Waals surface area contributed by atoms with Gasteiger partial charge in [0.2, 0.25) is 0 Å². The minimum Gasteiger partial charge on any atom is -0.268 e. The number of aryl methyl sites for hydroxylation is 2. The zero-order valence-corrected chi connectivity index (χ0v) is 14.7. The van der Waals surface area contributed by atoms with Gasteiger partial charge in [-0.05, 0) is 42.7 Å². The van der Waals surface area contributed by atoms with Crippen LogP contribution >= 0.6 is 24.0 Å². The third kappa shape index (κ3) is 3.38. The van der Waals surface area contributed by atoms with Gasteiger partial charge in [0, 0.05) is 0 Å². The Kier molecular flexibility index (Phi) is 4.64. The van der Waals surface area contributed by atoms with Crippen LogP contribution in [0, 0.1) is 6.92 Å². The summed E-state index contributed by atoms with van der Waals surface area (Å²) in [6.45, 7) is 4.15. The van der Waals surface area contributed by atoms with Crippen molar-refractivity contribution in [1.82, 2.24) is 0 Å². The predicted octanol–water partition coefficient (Wildman–Crippen LogP) is 4.96. The Hall–Kier alpha value is -1.91. The smallest absolute Gasteiger partial charge is 0.268 e. The minimum absolute atomic E-state index is 0.0511. The number of benzene rings is 2. The van der Waals surface area contributed by atoms with Gasteiger partial charge in [-0.25, -0.2) is 0 Å². The highest BCUT2D eigenvalue weighted by Crippen LogP contribution is 2.36. The highest BCUT2D eigenvalue weighted by atomic mass is 32.2. The largest absolute Gasteiger partial charge is 0.270 e. The topological polar surface area (TPSA) is 20.3 Å². The van der Waals surface area contributed by atoms with Crippen molar-refractivity contribution in [2.24, 2.45) is 0 Å². The highest BCUT2D eigenvalue weighted by Gasteiger charge is 2.33. The predicted molar refractivity (Wildman–Crippen MR) is 103 cm³/mol. The Morgan fingerprint density at radius 2 is 1.74 bits per heavy atom. The van der Waals surface area contributed by atoms with Crippen LogP contribution in [0.15, 0.2) is 53.4 Å². The molecule has 0 N–H and O–H groups in total. The molecule has 0 saturated carbocycles. The average Bonchev–Trinajstić information content (AvgIpc) is 2.84. The van der Waals surface area contributed by atoms with Crippen molar-refractivity contribution in [2.75, 3.05) is 4.90 Å². The standard InChI is InChI=1S/C19H17NOS2/c1-3-14-8-10-16(11-9-14)20-18(21)17(23-19(20)22)12-15-6-4-13(2)5-7-15/h4-12H,3H2,1-2H3/b17-12-. The van der Waals surface area contributed by atoms with Crippen LogP contribution in [0.2, 0.25) is 0 Å². The number of carbonyl (C=O) groups is 1. The second kappa shape index (κ2) is 6.69. The summed E-state index contributed by atoms with van der Waals surface area (Å²) in [5.41, 5.74) is 4.29. The molecule has 2 aromatic carbocycles. The molecule has 0 bridgehead atoms. The average molecular weight is 339 g/mol. The van der Waals surface area contributed by atoms with Gasteiger partial charge in [0.05, 0.1) is 10.6 Å². The third-order valence-electron chi connectivity index (χ3n) is 3.77. The molecular formula is C19H17NOS2. The van der Waals surface area contributed by atoms with Crippen molar-refractivity contribution in [3.8, 4) is 0 Å². The van der Waals surface area contributed by atoms with Gasteiger partial charge in [0.25, 0.3) is 5.91 Å².